The van der Waals surface area contributed by atoms with Crippen LogP contribution in [0.5, 0.6) is 6.01 Å². The largest absolute Gasteiger partial charge is 0.467 e. The van der Waals surface area contributed by atoms with E-state index in [0.29, 0.717) is 42.6 Å². The van der Waals surface area contributed by atoms with E-state index >= 15 is 0 Å². The topological polar surface area (TPSA) is 170 Å². The summed E-state index contributed by atoms with van der Waals surface area (Å²) in [5.74, 6) is 1.09. The van der Waals surface area contributed by atoms with Crippen molar-refractivity contribution in [3.8, 4) is 6.01 Å². The van der Waals surface area contributed by atoms with E-state index in [2.05, 4.69) is 22.0 Å². The summed E-state index contributed by atoms with van der Waals surface area (Å²) in [6, 6.07) is 0.254. The minimum Gasteiger partial charge on any atom is -0.467 e. The number of piperidine rings is 1. The molecule has 0 unspecified atom stereocenters. The molecule has 1 aromatic heterocycles. The predicted molar refractivity (Wildman–Crippen MR) is 80.9 cm³/mol. The molecular formula is C14H22ClN5O7. The molecule has 0 bridgehead atoms. The van der Waals surface area contributed by atoms with Crippen molar-refractivity contribution in [2.45, 2.75) is 19.3 Å². The zero-order valence-electron chi connectivity index (χ0n) is 15.1. The molecule has 3 rings (SSSR count). The van der Waals surface area contributed by atoms with E-state index in [1.807, 2.05) is 0 Å². The van der Waals surface area contributed by atoms with E-state index in [9.17, 15) is 4.79 Å². The fourth-order valence-electron chi connectivity index (χ4n) is 2.75. The average molecular weight is 408 g/mol. The Morgan fingerprint density at radius 2 is 1.74 bits per heavy atom. The summed E-state index contributed by atoms with van der Waals surface area (Å²) in [4.78, 5) is 27.0. The fourth-order valence-corrected chi connectivity index (χ4v) is 2.75. The highest BCUT2D eigenvalue weighted by molar-refractivity contribution is 5.92. The maximum Gasteiger partial charge on any atom is 0.336 e. The quantitative estimate of drug-likeness (QED) is 0.445. The van der Waals surface area contributed by atoms with Crippen molar-refractivity contribution in [3.63, 3.8) is 0 Å². The first kappa shape index (κ1) is 21.6. The lowest BCUT2D eigenvalue weighted by Crippen LogP contribution is -2.68. The number of nitrogens with zero attached hydrogens (tertiary/aromatic N) is 5. The SMILES string of the molecule is COc1nc(N2CCCCC2=O)nc([N+]2(C)CCOCC2)n1.[O-][Cl+3]([O-])([O-])[O-]. The van der Waals surface area contributed by atoms with Gasteiger partial charge in [0, 0.05) is 13.0 Å². The van der Waals surface area contributed by atoms with Crippen molar-refractivity contribution < 1.29 is 43.1 Å². The molecule has 1 aromatic rings. The molecule has 1 amide bonds. The molecule has 0 spiro atoms. The summed E-state index contributed by atoms with van der Waals surface area (Å²) < 4.78 is 45.2. The summed E-state index contributed by atoms with van der Waals surface area (Å²) in [5.41, 5.74) is 0. The minimum absolute atomic E-state index is 0.0649. The fraction of sp³-hybridized carbons (Fsp3) is 0.714. The number of ether oxygens (including phenoxy) is 2. The van der Waals surface area contributed by atoms with E-state index in [1.165, 1.54) is 7.11 Å². The van der Waals surface area contributed by atoms with Crippen LogP contribution < -0.4 is 32.8 Å². The number of likely N-dealkylation sites (N-methyl/N-ethyl adjacent to an activating group) is 1. The highest BCUT2D eigenvalue weighted by Crippen LogP contribution is 2.25. The van der Waals surface area contributed by atoms with Crippen LogP contribution in [0, 0.1) is 10.2 Å². The second-order valence-electron chi connectivity index (χ2n) is 6.26. The molecule has 2 saturated heterocycles. The molecule has 12 nitrogen and oxygen atoms in total. The lowest BCUT2D eigenvalue weighted by atomic mass is 10.1. The molecule has 0 radical (unpaired) electrons. The second-order valence-corrected chi connectivity index (χ2v) is 7.01. The molecule has 0 atom stereocenters. The van der Waals surface area contributed by atoms with Gasteiger partial charge in [-0.25, -0.2) is 18.6 Å². The molecule has 2 aliphatic rings. The van der Waals surface area contributed by atoms with Gasteiger partial charge in [0.1, 0.15) is 13.1 Å². The van der Waals surface area contributed by atoms with Gasteiger partial charge in [-0.05, 0) is 12.8 Å². The molecule has 152 valence electrons. The van der Waals surface area contributed by atoms with Gasteiger partial charge in [0.2, 0.25) is 11.9 Å². The maximum atomic E-state index is 12.1. The first-order valence-corrected chi connectivity index (χ1v) is 9.51. The monoisotopic (exact) mass is 407 g/mol. The van der Waals surface area contributed by atoms with Gasteiger partial charge >= 0.3 is 12.0 Å². The molecule has 0 saturated carbocycles. The number of carbonyl (C=O) groups excluding carboxylic acids is 1. The third-order valence-corrected chi connectivity index (χ3v) is 4.28. The van der Waals surface area contributed by atoms with Crippen LogP contribution in [0.1, 0.15) is 19.3 Å². The zero-order chi connectivity index (χ0) is 20.1. The van der Waals surface area contributed by atoms with Crippen molar-refractivity contribution >= 4 is 17.8 Å². The number of hydrogen-bond acceptors (Lipinski definition) is 10. The molecule has 27 heavy (non-hydrogen) atoms. The summed E-state index contributed by atoms with van der Waals surface area (Å²) >= 11 is 0. The number of halogens is 1. The number of anilines is 1. The van der Waals surface area contributed by atoms with E-state index in [1.54, 1.807) is 4.90 Å². The van der Waals surface area contributed by atoms with Crippen LogP contribution in [0.3, 0.4) is 0 Å². The van der Waals surface area contributed by atoms with E-state index in [-0.39, 0.29) is 11.9 Å². The van der Waals surface area contributed by atoms with Gasteiger partial charge < -0.3 is 9.47 Å². The Morgan fingerprint density at radius 1 is 1.11 bits per heavy atom. The van der Waals surface area contributed by atoms with E-state index in [0.717, 1.165) is 25.9 Å². The van der Waals surface area contributed by atoms with Crippen LogP contribution in [0.4, 0.5) is 11.9 Å². The lowest BCUT2D eigenvalue weighted by molar-refractivity contribution is -2.00. The normalized spacial score (nSPS) is 19.9. The van der Waals surface area contributed by atoms with Gasteiger partial charge in [0.05, 0.1) is 27.4 Å². The van der Waals surface area contributed by atoms with Gasteiger partial charge in [-0.3, -0.25) is 14.2 Å². The number of hydrogen-bond donors (Lipinski definition) is 0. The Hall–Kier alpha value is -1.67. The number of morpholine rings is 1. The Morgan fingerprint density at radius 3 is 2.30 bits per heavy atom. The number of methoxy groups -OCH3 is 1. The molecule has 2 aliphatic heterocycles. The third-order valence-electron chi connectivity index (χ3n) is 4.28. The first-order chi connectivity index (χ1) is 12.6. The molecule has 3 heterocycles. The Balaban J connectivity index is 0.000000465. The van der Waals surface area contributed by atoms with Crippen LogP contribution >= 0.6 is 0 Å². The predicted octanol–water partition coefficient (Wildman–Crippen LogP) is -4.39. The van der Waals surface area contributed by atoms with Gasteiger partial charge in [0.25, 0.3) is 0 Å². The molecule has 2 fully saturated rings. The number of quaternary nitrogens is 1. The highest BCUT2D eigenvalue weighted by atomic mass is 35.7. The van der Waals surface area contributed by atoms with Crippen molar-refractivity contribution in [2.24, 2.45) is 0 Å². The van der Waals surface area contributed by atoms with Gasteiger partial charge in [-0.2, -0.15) is 4.98 Å². The molecule has 0 N–H and O–H groups in total. The van der Waals surface area contributed by atoms with Gasteiger partial charge in [-0.15, -0.1) is 20.2 Å². The first-order valence-electron chi connectivity index (χ1n) is 8.27. The molecule has 13 heteroatoms. The smallest absolute Gasteiger partial charge is 0.336 e. The summed E-state index contributed by atoms with van der Waals surface area (Å²) in [5, 5.41) is 0. The summed E-state index contributed by atoms with van der Waals surface area (Å²) in [6.45, 7) is 3.57. The maximum absolute atomic E-state index is 12.1. The van der Waals surface area contributed by atoms with E-state index in [4.69, 9.17) is 28.1 Å². The van der Waals surface area contributed by atoms with E-state index < -0.39 is 10.2 Å². The molecular weight excluding hydrogens is 386 g/mol. The zero-order valence-corrected chi connectivity index (χ0v) is 15.9. The van der Waals surface area contributed by atoms with Crippen molar-refractivity contribution in [1.82, 2.24) is 19.4 Å². The average Bonchev–Trinajstić information content (AvgIpc) is 2.61. The van der Waals surface area contributed by atoms with Gasteiger partial charge in [-0.1, -0.05) is 0 Å². The van der Waals surface area contributed by atoms with Gasteiger partial charge in [0.15, 0.2) is 0 Å². The van der Waals surface area contributed by atoms with Crippen molar-refractivity contribution in [2.75, 3.05) is 51.9 Å². The lowest BCUT2D eigenvalue weighted by Gasteiger charge is -2.35. The van der Waals surface area contributed by atoms with Crippen LogP contribution in [-0.4, -0.2) is 67.9 Å². The van der Waals surface area contributed by atoms with Crippen LogP contribution in [0.25, 0.3) is 0 Å². The Labute approximate surface area is 158 Å². The molecule has 0 aromatic carbocycles. The number of rotatable bonds is 3. The molecule has 0 aliphatic carbocycles. The van der Waals surface area contributed by atoms with Crippen LogP contribution in [0.2, 0.25) is 0 Å². The standard InChI is InChI=1S/C14H22N5O3.ClHO4/c1-19(7-9-22-10-8-19)13-15-12(16-14(17-13)21-2)18-6-4-3-5-11(18)20;2-1(3,4)5/h3-10H2,1-2H3;(H,2,3,4,5)/q+1;/p-1. The van der Waals surface area contributed by atoms with Crippen LogP contribution in [0.15, 0.2) is 0 Å². The number of carbonyl (C=O) groups is 1. The second kappa shape index (κ2) is 9.01. The summed E-state index contributed by atoms with van der Waals surface area (Å²) in [6.07, 6.45) is 2.44. The summed E-state index contributed by atoms with van der Waals surface area (Å²) in [7, 11) is -1.35. The van der Waals surface area contributed by atoms with Crippen LogP contribution in [-0.2, 0) is 9.53 Å². The third kappa shape index (κ3) is 6.46. The Kier molecular flexibility index (Phi) is 7.22. The highest BCUT2D eigenvalue weighted by Gasteiger charge is 2.34. The van der Waals surface area contributed by atoms with Crippen molar-refractivity contribution in [1.29, 1.82) is 0 Å². The number of aromatic nitrogens is 3. The minimum atomic E-state index is -4.94. The van der Waals surface area contributed by atoms with Crippen molar-refractivity contribution in [3.05, 3.63) is 0 Å². The Bertz CT molecular complexity index is 645. The number of amides is 1.